The van der Waals surface area contributed by atoms with E-state index < -0.39 is 12.2 Å². The summed E-state index contributed by atoms with van der Waals surface area (Å²) in [4.78, 5) is 0. The van der Waals surface area contributed by atoms with Gasteiger partial charge in [-0.1, -0.05) is 6.07 Å². The van der Waals surface area contributed by atoms with Crippen LogP contribution in [0.2, 0.25) is 0 Å². The van der Waals surface area contributed by atoms with Gasteiger partial charge in [-0.25, -0.2) is 0 Å². The molecule has 6 N–H and O–H groups in total. The van der Waals surface area contributed by atoms with E-state index in [-0.39, 0.29) is 29.4 Å². The van der Waals surface area contributed by atoms with E-state index in [0.29, 0.717) is 22.4 Å². The van der Waals surface area contributed by atoms with Gasteiger partial charge in [-0.2, -0.15) is 0 Å². The minimum Gasteiger partial charge on any atom is -0.507 e. The van der Waals surface area contributed by atoms with Crippen LogP contribution in [0.5, 0.6) is 28.7 Å². The summed E-state index contributed by atoms with van der Waals surface area (Å²) in [5, 5.41) is 55.9. The Morgan fingerprint density at radius 1 is 0.917 bits per heavy atom. The number of benzene rings is 2. The Morgan fingerprint density at radius 3 is 2.21 bits per heavy atom. The molecule has 0 fully saturated rings. The van der Waals surface area contributed by atoms with E-state index in [1.54, 1.807) is 6.92 Å². The van der Waals surface area contributed by atoms with Crippen LogP contribution >= 0.6 is 0 Å². The first-order valence-electron chi connectivity index (χ1n) is 7.24. The molecule has 0 bridgehead atoms. The van der Waals surface area contributed by atoms with Gasteiger partial charge in [0.05, 0.1) is 6.10 Å². The number of aromatic hydroxyl groups is 4. The Kier molecular flexibility index (Phi) is 5.06. The first-order valence-corrected chi connectivity index (χ1v) is 7.24. The van der Waals surface area contributed by atoms with Crippen LogP contribution in [0, 0.1) is 6.92 Å². The third kappa shape index (κ3) is 3.04. The molecule has 130 valence electrons. The Labute approximate surface area is 138 Å². The molecule has 1 heterocycles. The second-order valence-corrected chi connectivity index (χ2v) is 5.41. The lowest BCUT2D eigenvalue weighted by molar-refractivity contribution is 0.0191. The van der Waals surface area contributed by atoms with Crippen LogP contribution in [0.1, 0.15) is 22.8 Å². The van der Waals surface area contributed by atoms with Crippen molar-refractivity contribution >= 4 is 0 Å². The molecule has 7 heteroatoms. The van der Waals surface area contributed by atoms with E-state index in [2.05, 4.69) is 0 Å². The molecule has 2 aromatic carbocycles. The molecule has 0 amide bonds. The molecule has 0 saturated carbocycles. The smallest absolute Gasteiger partial charge is 0.157 e. The fourth-order valence-electron chi connectivity index (χ4n) is 2.67. The van der Waals surface area contributed by atoms with E-state index >= 15 is 0 Å². The summed E-state index contributed by atoms with van der Waals surface area (Å²) in [6.07, 6.45) is -1.57. The van der Waals surface area contributed by atoms with Crippen molar-refractivity contribution in [2.24, 2.45) is 0 Å². The maximum atomic E-state index is 10.3. The molecule has 0 saturated heterocycles. The van der Waals surface area contributed by atoms with Gasteiger partial charge in [0.15, 0.2) is 11.5 Å². The van der Waals surface area contributed by atoms with Crippen LogP contribution in [0.3, 0.4) is 0 Å². The quantitative estimate of drug-likeness (QED) is 0.435. The maximum Gasteiger partial charge on any atom is 0.157 e. The zero-order chi connectivity index (χ0) is 18.0. The molecule has 1 aliphatic rings. The van der Waals surface area contributed by atoms with E-state index in [1.807, 2.05) is 0 Å². The van der Waals surface area contributed by atoms with Crippen molar-refractivity contribution in [1.29, 1.82) is 0 Å². The van der Waals surface area contributed by atoms with Gasteiger partial charge in [0, 0.05) is 30.7 Å². The summed E-state index contributed by atoms with van der Waals surface area (Å²) in [6.45, 7) is 1.65. The van der Waals surface area contributed by atoms with Crippen LogP contribution in [0.25, 0.3) is 0 Å². The van der Waals surface area contributed by atoms with Crippen LogP contribution in [-0.4, -0.2) is 43.9 Å². The molecule has 0 aromatic heterocycles. The fourth-order valence-corrected chi connectivity index (χ4v) is 2.67. The minimum atomic E-state index is -0.939. The highest BCUT2D eigenvalue weighted by Gasteiger charge is 2.33. The number of hydrogen-bond acceptors (Lipinski definition) is 7. The Balaban J connectivity index is 0.00000100. The molecule has 0 spiro atoms. The number of hydrogen-bond donors (Lipinski definition) is 6. The second kappa shape index (κ2) is 6.86. The van der Waals surface area contributed by atoms with Crippen molar-refractivity contribution in [2.45, 2.75) is 25.6 Å². The summed E-state index contributed by atoms with van der Waals surface area (Å²) in [7, 11) is 1.00. The van der Waals surface area contributed by atoms with E-state index in [9.17, 15) is 25.5 Å². The second-order valence-electron chi connectivity index (χ2n) is 5.41. The van der Waals surface area contributed by atoms with Crippen molar-refractivity contribution in [3.63, 3.8) is 0 Å². The lowest BCUT2D eigenvalue weighted by Gasteiger charge is -2.32. The zero-order valence-electron chi connectivity index (χ0n) is 13.3. The predicted octanol–water partition coefficient (Wildman–Crippen LogP) is 1.46. The van der Waals surface area contributed by atoms with Gasteiger partial charge in [-0.15, -0.1) is 0 Å². The SMILES string of the molecule is CO.Cc1c(O)cc(O)c2c1OC(c1ccc(O)c(O)c1)C(O)C2. The molecule has 2 aromatic rings. The van der Waals surface area contributed by atoms with Gasteiger partial charge in [0.1, 0.15) is 23.4 Å². The minimum absolute atomic E-state index is 0.0973. The van der Waals surface area contributed by atoms with Crippen molar-refractivity contribution in [3.8, 4) is 28.7 Å². The number of ether oxygens (including phenoxy) is 1. The van der Waals surface area contributed by atoms with Crippen molar-refractivity contribution in [3.05, 3.63) is 41.0 Å². The van der Waals surface area contributed by atoms with Crippen molar-refractivity contribution in [2.75, 3.05) is 7.11 Å². The van der Waals surface area contributed by atoms with Gasteiger partial charge in [0.2, 0.25) is 0 Å². The van der Waals surface area contributed by atoms with Crippen LogP contribution < -0.4 is 4.74 Å². The topological polar surface area (TPSA) is 131 Å². The molecule has 24 heavy (non-hydrogen) atoms. The van der Waals surface area contributed by atoms with Gasteiger partial charge in [0.25, 0.3) is 0 Å². The highest BCUT2D eigenvalue weighted by Crippen LogP contribution is 2.45. The Bertz CT molecular complexity index is 742. The third-order valence-corrected chi connectivity index (χ3v) is 3.92. The Hall–Kier alpha value is -2.64. The van der Waals surface area contributed by atoms with E-state index in [1.165, 1.54) is 24.3 Å². The number of phenolic OH excluding ortho intramolecular Hbond substituents is 4. The van der Waals surface area contributed by atoms with Gasteiger partial charge in [-0.05, 0) is 24.6 Å². The first kappa shape index (κ1) is 17.7. The third-order valence-electron chi connectivity index (χ3n) is 3.92. The molecule has 1 aliphatic heterocycles. The van der Waals surface area contributed by atoms with Crippen LogP contribution in [0.4, 0.5) is 0 Å². The summed E-state index contributed by atoms with van der Waals surface area (Å²) in [5.74, 6) is -0.486. The zero-order valence-corrected chi connectivity index (χ0v) is 13.3. The van der Waals surface area contributed by atoms with Crippen LogP contribution in [0.15, 0.2) is 24.3 Å². The molecule has 3 rings (SSSR count). The van der Waals surface area contributed by atoms with Gasteiger partial charge in [-0.3, -0.25) is 0 Å². The molecule has 2 unspecified atom stereocenters. The average Bonchev–Trinajstić information content (AvgIpc) is 2.57. The predicted molar refractivity (Wildman–Crippen MR) is 85.5 cm³/mol. The number of fused-ring (bicyclic) bond motifs is 1. The van der Waals surface area contributed by atoms with Crippen LogP contribution in [-0.2, 0) is 6.42 Å². The lowest BCUT2D eigenvalue weighted by Crippen LogP contribution is -2.30. The van der Waals surface area contributed by atoms with E-state index in [4.69, 9.17) is 9.84 Å². The van der Waals surface area contributed by atoms with Gasteiger partial charge >= 0.3 is 0 Å². The maximum absolute atomic E-state index is 10.3. The number of rotatable bonds is 1. The lowest BCUT2D eigenvalue weighted by atomic mass is 9.92. The largest absolute Gasteiger partial charge is 0.507 e. The molecular weight excluding hydrogens is 316 g/mol. The number of phenols is 4. The van der Waals surface area contributed by atoms with Crippen molar-refractivity contribution in [1.82, 2.24) is 0 Å². The number of aliphatic hydroxyl groups is 2. The van der Waals surface area contributed by atoms with Gasteiger partial charge < -0.3 is 35.4 Å². The monoisotopic (exact) mass is 336 g/mol. The summed E-state index contributed by atoms with van der Waals surface area (Å²) in [6, 6.07) is 5.37. The number of aliphatic hydroxyl groups excluding tert-OH is 2. The fraction of sp³-hybridized carbons (Fsp3) is 0.294. The molecule has 0 aliphatic carbocycles. The first-order chi connectivity index (χ1) is 11.4. The summed E-state index contributed by atoms with van der Waals surface area (Å²) < 4.78 is 5.75. The summed E-state index contributed by atoms with van der Waals surface area (Å²) in [5.41, 5.74) is 1.38. The highest BCUT2D eigenvalue weighted by molar-refractivity contribution is 5.57. The molecule has 0 radical (unpaired) electrons. The molecule has 2 atom stereocenters. The molecule has 7 nitrogen and oxygen atoms in total. The normalized spacial score (nSPS) is 18.8. The highest BCUT2D eigenvalue weighted by atomic mass is 16.5. The summed E-state index contributed by atoms with van der Waals surface area (Å²) >= 11 is 0. The Morgan fingerprint density at radius 2 is 1.58 bits per heavy atom. The van der Waals surface area contributed by atoms with E-state index in [0.717, 1.165) is 7.11 Å². The average molecular weight is 336 g/mol. The van der Waals surface area contributed by atoms with Crippen molar-refractivity contribution < 1.29 is 35.4 Å². The molecular formula is C17H20O7. The standard InChI is InChI=1S/C16H16O6.CH4O/c1-7-11(18)6-12(19)9-5-14(21)16(22-15(7)9)8-2-3-10(17)13(20)4-8;1-2/h2-4,6,14,16-21H,5H2,1H3;2H,1H3.